The Hall–Kier alpha value is -1.77. The molecule has 0 saturated heterocycles. The highest BCUT2D eigenvalue weighted by Gasteiger charge is 2.04. The quantitative estimate of drug-likeness (QED) is 0.662. The second kappa shape index (κ2) is 5.71. The molecule has 0 fully saturated rings. The van der Waals surface area contributed by atoms with Gasteiger partial charge in [0.05, 0.1) is 0 Å². The van der Waals surface area contributed by atoms with Crippen LogP contribution in [-0.4, -0.2) is 17.4 Å². The molecule has 4 heteroatoms. The van der Waals surface area contributed by atoms with E-state index in [0.717, 1.165) is 16.4 Å². The van der Waals surface area contributed by atoms with Crippen LogP contribution >= 0.6 is 15.9 Å². The Labute approximate surface area is 114 Å². The number of carbonyl (C=O) groups is 1. The van der Waals surface area contributed by atoms with Gasteiger partial charge in [-0.3, -0.25) is 4.79 Å². The maximum Gasteiger partial charge on any atom is 0.251 e. The highest BCUT2D eigenvalue weighted by atomic mass is 79.9. The summed E-state index contributed by atoms with van der Waals surface area (Å²) in [6.07, 6.45) is 4.06. The summed E-state index contributed by atoms with van der Waals surface area (Å²) in [7, 11) is 0. The van der Waals surface area contributed by atoms with Gasteiger partial charge < -0.3 is 10.3 Å². The molecule has 0 aliphatic carbocycles. The SMILES string of the molecule is C=C=CC(=O)NCCc1c[nH]c2ccc(Br)cc12. The molecule has 2 N–H and O–H groups in total. The smallest absolute Gasteiger partial charge is 0.251 e. The fourth-order valence-corrected chi connectivity index (χ4v) is 2.18. The molecular weight excluding hydrogens is 292 g/mol. The fourth-order valence-electron chi connectivity index (χ4n) is 1.82. The summed E-state index contributed by atoms with van der Waals surface area (Å²) in [6, 6.07) is 6.11. The number of nitrogens with one attached hydrogen (secondary N) is 2. The number of carbonyl (C=O) groups excluding carboxylic acids is 1. The van der Waals surface area contributed by atoms with Crippen molar-refractivity contribution in [3.8, 4) is 0 Å². The topological polar surface area (TPSA) is 44.9 Å². The molecule has 92 valence electrons. The summed E-state index contributed by atoms with van der Waals surface area (Å²) in [5, 5.41) is 3.96. The van der Waals surface area contributed by atoms with Crippen molar-refractivity contribution in [1.29, 1.82) is 0 Å². The molecule has 0 bridgehead atoms. The molecule has 1 aromatic carbocycles. The number of rotatable bonds is 4. The second-order valence-electron chi connectivity index (χ2n) is 3.89. The minimum atomic E-state index is -0.161. The summed E-state index contributed by atoms with van der Waals surface area (Å²) in [4.78, 5) is 14.4. The van der Waals surface area contributed by atoms with E-state index in [1.54, 1.807) is 0 Å². The van der Waals surface area contributed by atoms with Crippen molar-refractivity contribution in [3.63, 3.8) is 0 Å². The Morgan fingerprint density at radius 1 is 1.56 bits per heavy atom. The molecule has 1 aromatic heterocycles. The van der Waals surface area contributed by atoms with E-state index in [9.17, 15) is 4.79 Å². The predicted octanol–water partition coefficient (Wildman–Crippen LogP) is 2.93. The van der Waals surface area contributed by atoms with Gasteiger partial charge in [0.2, 0.25) is 0 Å². The van der Waals surface area contributed by atoms with Crippen molar-refractivity contribution in [2.24, 2.45) is 0 Å². The third kappa shape index (κ3) is 2.92. The monoisotopic (exact) mass is 304 g/mol. The molecule has 3 nitrogen and oxygen atoms in total. The molecule has 18 heavy (non-hydrogen) atoms. The number of aromatic amines is 1. The molecule has 0 aliphatic rings. The average molecular weight is 305 g/mol. The molecule has 0 radical (unpaired) electrons. The lowest BCUT2D eigenvalue weighted by atomic mass is 10.1. The van der Waals surface area contributed by atoms with Crippen molar-refractivity contribution in [2.75, 3.05) is 6.54 Å². The molecule has 0 atom stereocenters. The highest BCUT2D eigenvalue weighted by Crippen LogP contribution is 2.22. The minimum Gasteiger partial charge on any atom is -0.361 e. The molecule has 0 unspecified atom stereocenters. The van der Waals surface area contributed by atoms with Crippen LogP contribution in [0.4, 0.5) is 0 Å². The maximum atomic E-state index is 11.2. The van der Waals surface area contributed by atoms with E-state index in [4.69, 9.17) is 0 Å². The zero-order chi connectivity index (χ0) is 13.0. The Bertz CT molecular complexity index is 624. The lowest BCUT2D eigenvalue weighted by Crippen LogP contribution is -2.23. The zero-order valence-corrected chi connectivity index (χ0v) is 11.4. The van der Waals surface area contributed by atoms with Crippen molar-refractivity contribution in [3.05, 3.63) is 52.8 Å². The Morgan fingerprint density at radius 3 is 3.17 bits per heavy atom. The van der Waals surface area contributed by atoms with Gasteiger partial charge in [0.1, 0.15) is 0 Å². The van der Waals surface area contributed by atoms with Crippen LogP contribution in [0.2, 0.25) is 0 Å². The number of fused-ring (bicyclic) bond motifs is 1. The van der Waals surface area contributed by atoms with Gasteiger partial charge in [-0.1, -0.05) is 22.5 Å². The predicted molar refractivity (Wildman–Crippen MR) is 76.4 cm³/mol. The van der Waals surface area contributed by atoms with E-state index >= 15 is 0 Å². The third-order valence-corrected chi connectivity index (χ3v) is 3.15. The molecule has 2 rings (SSSR count). The van der Waals surface area contributed by atoms with Crippen molar-refractivity contribution < 1.29 is 4.79 Å². The van der Waals surface area contributed by atoms with Crippen LogP contribution in [0.3, 0.4) is 0 Å². The van der Waals surface area contributed by atoms with Crippen LogP contribution in [0.5, 0.6) is 0 Å². The normalized spacial score (nSPS) is 10.1. The van der Waals surface area contributed by atoms with Gasteiger partial charge in [-0.25, -0.2) is 0 Å². The van der Waals surface area contributed by atoms with Crippen molar-refractivity contribution in [1.82, 2.24) is 10.3 Å². The van der Waals surface area contributed by atoms with Crippen LogP contribution in [-0.2, 0) is 11.2 Å². The summed E-state index contributed by atoms with van der Waals surface area (Å²) >= 11 is 3.46. The molecule has 1 amide bonds. The number of hydrogen-bond acceptors (Lipinski definition) is 1. The van der Waals surface area contributed by atoms with Gasteiger partial charge >= 0.3 is 0 Å². The third-order valence-electron chi connectivity index (χ3n) is 2.66. The second-order valence-corrected chi connectivity index (χ2v) is 4.81. The number of amides is 1. The van der Waals surface area contributed by atoms with Gasteiger partial charge in [0, 0.05) is 34.2 Å². The van der Waals surface area contributed by atoms with Gasteiger partial charge in [-0.15, -0.1) is 5.73 Å². The Kier molecular flexibility index (Phi) is 4.03. The van der Waals surface area contributed by atoms with Crippen LogP contribution in [0, 0.1) is 0 Å². The standard InChI is InChI=1S/C14H13BrN2O/c1-2-3-14(18)16-7-6-10-9-17-13-5-4-11(15)8-12(10)13/h3-5,8-9,17H,1,6-7H2,(H,16,18). The van der Waals surface area contributed by atoms with Crippen LogP contribution in [0.15, 0.2) is 47.3 Å². The molecule has 0 aliphatic heterocycles. The van der Waals surface area contributed by atoms with Gasteiger partial charge in [0.15, 0.2) is 0 Å². The van der Waals surface area contributed by atoms with Gasteiger partial charge in [-0.05, 0) is 30.2 Å². The summed E-state index contributed by atoms with van der Waals surface area (Å²) in [5.74, 6) is -0.161. The van der Waals surface area contributed by atoms with Crippen LogP contribution < -0.4 is 5.32 Å². The zero-order valence-electron chi connectivity index (χ0n) is 9.79. The van der Waals surface area contributed by atoms with Gasteiger partial charge in [-0.2, -0.15) is 0 Å². The average Bonchev–Trinajstić information content (AvgIpc) is 2.72. The summed E-state index contributed by atoms with van der Waals surface area (Å²) < 4.78 is 1.05. The van der Waals surface area contributed by atoms with E-state index < -0.39 is 0 Å². The first kappa shape index (κ1) is 12.7. The maximum absolute atomic E-state index is 11.2. The van der Waals surface area contributed by atoms with Crippen LogP contribution in [0.1, 0.15) is 5.56 Å². The lowest BCUT2D eigenvalue weighted by Gasteiger charge is -2.01. The first-order valence-corrected chi connectivity index (χ1v) is 6.39. The van der Waals surface area contributed by atoms with E-state index in [-0.39, 0.29) is 5.91 Å². The first-order valence-electron chi connectivity index (χ1n) is 5.60. The molecular formula is C14H13BrN2O. The van der Waals surface area contributed by atoms with Gasteiger partial charge in [0.25, 0.3) is 5.91 Å². The number of hydrogen-bond donors (Lipinski definition) is 2. The number of halogens is 1. The number of H-pyrrole nitrogens is 1. The Morgan fingerprint density at radius 2 is 2.39 bits per heavy atom. The van der Waals surface area contributed by atoms with E-state index in [1.165, 1.54) is 17.0 Å². The van der Waals surface area contributed by atoms with E-state index in [0.29, 0.717) is 6.54 Å². The highest BCUT2D eigenvalue weighted by molar-refractivity contribution is 9.10. The molecule has 2 aromatic rings. The van der Waals surface area contributed by atoms with Crippen molar-refractivity contribution in [2.45, 2.75) is 6.42 Å². The largest absolute Gasteiger partial charge is 0.361 e. The van der Waals surface area contributed by atoms with Crippen LogP contribution in [0.25, 0.3) is 10.9 Å². The minimum absolute atomic E-state index is 0.161. The fraction of sp³-hybridized carbons (Fsp3) is 0.143. The van der Waals surface area contributed by atoms with E-state index in [1.807, 2.05) is 18.3 Å². The summed E-state index contributed by atoms with van der Waals surface area (Å²) in [6.45, 7) is 3.95. The first-order chi connectivity index (χ1) is 8.70. The molecule has 0 spiro atoms. The number of aromatic nitrogens is 1. The number of benzene rings is 1. The summed E-state index contributed by atoms with van der Waals surface area (Å²) in [5.41, 5.74) is 4.74. The lowest BCUT2D eigenvalue weighted by molar-refractivity contribution is -0.116. The van der Waals surface area contributed by atoms with E-state index in [2.05, 4.69) is 44.6 Å². The molecule has 0 saturated carbocycles. The Balaban J connectivity index is 2.06. The van der Waals surface area contributed by atoms with Crippen molar-refractivity contribution >= 4 is 32.7 Å². The molecule has 1 heterocycles.